The van der Waals surface area contributed by atoms with Gasteiger partial charge in [-0.1, -0.05) is 6.07 Å². The summed E-state index contributed by atoms with van der Waals surface area (Å²) in [6, 6.07) is 4.77. The van der Waals surface area contributed by atoms with Crippen LogP contribution in [0.4, 0.5) is 4.39 Å². The first-order chi connectivity index (χ1) is 7.68. The lowest BCUT2D eigenvalue weighted by Gasteiger charge is -2.09. The van der Waals surface area contributed by atoms with E-state index in [2.05, 4.69) is 4.98 Å². The molecule has 0 bridgehead atoms. The number of aromatic nitrogens is 2. The zero-order valence-corrected chi connectivity index (χ0v) is 8.90. The molecule has 1 heterocycles. The van der Waals surface area contributed by atoms with E-state index >= 15 is 0 Å². The van der Waals surface area contributed by atoms with Gasteiger partial charge in [-0.25, -0.2) is 9.37 Å². The first-order valence-corrected chi connectivity index (χ1v) is 5.36. The minimum atomic E-state index is -0.482. The van der Waals surface area contributed by atoms with Gasteiger partial charge in [0.2, 0.25) is 0 Å². The minimum Gasteiger partial charge on any atom is -0.293 e. The number of rotatable bonds is 1. The van der Waals surface area contributed by atoms with Crippen molar-refractivity contribution in [1.82, 2.24) is 9.55 Å². The average Bonchev–Trinajstić information content (AvgIpc) is 3.01. The van der Waals surface area contributed by atoms with Gasteiger partial charge in [-0.2, -0.15) is 0 Å². The molecule has 1 saturated carbocycles. The van der Waals surface area contributed by atoms with Crippen LogP contribution in [0.5, 0.6) is 0 Å². The summed E-state index contributed by atoms with van der Waals surface area (Å²) >= 11 is 0. The van der Waals surface area contributed by atoms with Crippen LogP contribution in [0.1, 0.15) is 24.7 Å². The summed E-state index contributed by atoms with van der Waals surface area (Å²) in [5, 5.41) is 0.111. The first-order valence-electron chi connectivity index (χ1n) is 5.36. The molecule has 0 amide bonds. The lowest BCUT2D eigenvalue weighted by molar-refractivity contribution is 0.626. The maximum atomic E-state index is 13.6. The second kappa shape index (κ2) is 3.14. The van der Waals surface area contributed by atoms with Crippen molar-refractivity contribution in [3.05, 3.63) is 40.2 Å². The van der Waals surface area contributed by atoms with Crippen LogP contribution in [0.25, 0.3) is 10.9 Å². The van der Waals surface area contributed by atoms with E-state index in [9.17, 15) is 9.18 Å². The summed E-state index contributed by atoms with van der Waals surface area (Å²) < 4.78 is 15.2. The molecule has 0 aliphatic heterocycles. The highest BCUT2D eigenvalue weighted by Crippen LogP contribution is 2.34. The van der Waals surface area contributed by atoms with Crippen LogP contribution in [0, 0.1) is 12.7 Å². The van der Waals surface area contributed by atoms with Gasteiger partial charge in [0.05, 0.1) is 5.52 Å². The van der Waals surface area contributed by atoms with Crippen molar-refractivity contribution in [1.29, 1.82) is 0 Å². The van der Waals surface area contributed by atoms with Crippen molar-refractivity contribution in [2.45, 2.75) is 25.8 Å². The van der Waals surface area contributed by atoms with Crippen molar-refractivity contribution in [3.63, 3.8) is 0 Å². The monoisotopic (exact) mass is 218 g/mol. The molecule has 2 aromatic rings. The van der Waals surface area contributed by atoms with Crippen LogP contribution in [-0.2, 0) is 0 Å². The lowest BCUT2D eigenvalue weighted by atomic mass is 10.2. The summed E-state index contributed by atoms with van der Waals surface area (Å²) in [5.74, 6) is 0.190. The average molecular weight is 218 g/mol. The van der Waals surface area contributed by atoms with Gasteiger partial charge in [0, 0.05) is 6.04 Å². The van der Waals surface area contributed by atoms with E-state index in [-0.39, 0.29) is 17.0 Å². The number of hydrogen-bond acceptors (Lipinski definition) is 2. The Morgan fingerprint density at radius 3 is 2.88 bits per heavy atom. The molecule has 0 N–H and O–H groups in total. The molecule has 0 saturated heterocycles. The van der Waals surface area contributed by atoms with E-state index in [0.29, 0.717) is 11.3 Å². The van der Waals surface area contributed by atoms with E-state index < -0.39 is 5.82 Å². The molecule has 0 radical (unpaired) electrons. The van der Waals surface area contributed by atoms with Gasteiger partial charge < -0.3 is 0 Å². The van der Waals surface area contributed by atoms with Gasteiger partial charge in [-0.05, 0) is 31.9 Å². The molecule has 0 spiro atoms. The van der Waals surface area contributed by atoms with Crippen LogP contribution in [-0.4, -0.2) is 9.55 Å². The number of hydrogen-bond donors (Lipinski definition) is 0. The van der Waals surface area contributed by atoms with Crippen LogP contribution >= 0.6 is 0 Å². The van der Waals surface area contributed by atoms with Gasteiger partial charge in [0.25, 0.3) is 5.56 Å². The summed E-state index contributed by atoms with van der Waals surface area (Å²) in [6.07, 6.45) is 1.98. The number of halogens is 1. The Labute approximate surface area is 91.5 Å². The molecule has 1 aromatic heterocycles. The van der Waals surface area contributed by atoms with Gasteiger partial charge in [0.15, 0.2) is 0 Å². The molecule has 3 rings (SSSR count). The minimum absolute atomic E-state index is 0.111. The molecular formula is C12H11FN2O. The number of benzene rings is 1. The number of fused-ring (bicyclic) bond motifs is 1. The van der Waals surface area contributed by atoms with Crippen molar-refractivity contribution in [2.24, 2.45) is 0 Å². The highest BCUT2D eigenvalue weighted by molar-refractivity contribution is 5.78. The van der Waals surface area contributed by atoms with Crippen LogP contribution < -0.4 is 5.56 Å². The Hall–Kier alpha value is -1.71. The van der Waals surface area contributed by atoms with E-state index in [4.69, 9.17) is 0 Å². The van der Waals surface area contributed by atoms with Crippen molar-refractivity contribution < 1.29 is 4.39 Å². The van der Waals surface area contributed by atoms with E-state index in [1.165, 1.54) is 6.07 Å². The summed E-state index contributed by atoms with van der Waals surface area (Å²) in [5.41, 5.74) is 0.197. The van der Waals surface area contributed by atoms with Crippen molar-refractivity contribution >= 4 is 10.9 Å². The Morgan fingerprint density at radius 2 is 2.19 bits per heavy atom. The zero-order valence-electron chi connectivity index (χ0n) is 8.90. The molecule has 1 aliphatic carbocycles. The topological polar surface area (TPSA) is 34.9 Å². The molecule has 3 nitrogen and oxygen atoms in total. The Morgan fingerprint density at radius 1 is 1.44 bits per heavy atom. The zero-order chi connectivity index (χ0) is 11.3. The second-order valence-electron chi connectivity index (χ2n) is 4.20. The fourth-order valence-corrected chi connectivity index (χ4v) is 2.08. The first kappa shape index (κ1) is 9.51. The smallest absolute Gasteiger partial charge is 0.264 e. The molecule has 1 aromatic carbocycles. The molecule has 82 valence electrons. The summed E-state index contributed by atoms with van der Waals surface area (Å²) in [7, 11) is 0. The number of aryl methyl sites for hydroxylation is 1. The highest BCUT2D eigenvalue weighted by Gasteiger charge is 2.27. The summed E-state index contributed by atoms with van der Waals surface area (Å²) in [4.78, 5) is 16.4. The van der Waals surface area contributed by atoms with Crippen LogP contribution in [0.15, 0.2) is 23.0 Å². The fraction of sp³-hybridized carbons (Fsp3) is 0.333. The van der Waals surface area contributed by atoms with Gasteiger partial charge in [-0.15, -0.1) is 0 Å². The molecule has 16 heavy (non-hydrogen) atoms. The van der Waals surface area contributed by atoms with E-state index in [1.807, 2.05) is 0 Å². The van der Waals surface area contributed by atoms with Crippen LogP contribution in [0.2, 0.25) is 0 Å². The predicted octanol–water partition coefficient (Wildman–Crippen LogP) is 2.18. The molecule has 1 aliphatic rings. The van der Waals surface area contributed by atoms with Gasteiger partial charge >= 0.3 is 0 Å². The third kappa shape index (κ3) is 1.26. The third-order valence-corrected chi connectivity index (χ3v) is 2.97. The molecule has 0 unspecified atom stereocenters. The lowest BCUT2D eigenvalue weighted by Crippen LogP contribution is -2.23. The highest BCUT2D eigenvalue weighted by atomic mass is 19.1. The molecular weight excluding hydrogens is 207 g/mol. The van der Waals surface area contributed by atoms with Gasteiger partial charge in [-0.3, -0.25) is 9.36 Å². The van der Waals surface area contributed by atoms with Crippen LogP contribution in [0.3, 0.4) is 0 Å². The summed E-state index contributed by atoms with van der Waals surface area (Å²) in [6.45, 7) is 1.80. The predicted molar refractivity (Wildman–Crippen MR) is 59.0 cm³/mol. The fourth-order valence-electron chi connectivity index (χ4n) is 2.08. The largest absolute Gasteiger partial charge is 0.293 e. The SMILES string of the molecule is Cc1nc2cccc(F)c2c(=O)n1C1CC1. The van der Waals surface area contributed by atoms with E-state index in [1.54, 1.807) is 23.6 Å². The normalized spacial score (nSPS) is 15.6. The maximum Gasteiger partial charge on any atom is 0.264 e. The Bertz CT molecular complexity index is 629. The van der Waals surface area contributed by atoms with Crippen molar-refractivity contribution in [2.75, 3.05) is 0 Å². The van der Waals surface area contributed by atoms with E-state index in [0.717, 1.165) is 12.8 Å². The Kier molecular flexibility index (Phi) is 1.87. The Balaban J connectivity index is 2.45. The van der Waals surface area contributed by atoms with Crippen molar-refractivity contribution in [3.8, 4) is 0 Å². The quantitative estimate of drug-likeness (QED) is 0.735. The van der Waals surface area contributed by atoms with Gasteiger partial charge in [0.1, 0.15) is 17.0 Å². The molecule has 1 fully saturated rings. The molecule has 0 atom stereocenters. The standard InChI is InChI=1S/C12H11FN2O/c1-7-14-10-4-2-3-9(13)11(10)12(16)15(7)8-5-6-8/h2-4,8H,5-6H2,1H3. The second-order valence-corrected chi connectivity index (χ2v) is 4.20. The third-order valence-electron chi connectivity index (χ3n) is 2.97. The maximum absolute atomic E-state index is 13.6. The number of nitrogens with zero attached hydrogens (tertiary/aromatic N) is 2. The molecule has 4 heteroatoms.